The van der Waals surface area contributed by atoms with Crippen molar-refractivity contribution in [3.63, 3.8) is 0 Å². The zero-order chi connectivity index (χ0) is 14.4. The Morgan fingerprint density at radius 1 is 1.45 bits per heavy atom. The fourth-order valence-corrected chi connectivity index (χ4v) is 1.27. The minimum absolute atomic E-state index is 0. The molecule has 0 saturated heterocycles. The first-order valence-electron chi connectivity index (χ1n) is 5.23. The van der Waals surface area contributed by atoms with E-state index < -0.39 is 22.3 Å². The summed E-state index contributed by atoms with van der Waals surface area (Å²) in [6, 6.07) is 4.83. The van der Waals surface area contributed by atoms with Crippen LogP contribution >= 0.6 is 0 Å². The Kier molecular flexibility index (Phi) is 7.00. The van der Waals surface area contributed by atoms with Gasteiger partial charge in [-0.05, 0) is 19.1 Å². The number of aliphatic hydroxyl groups is 1. The summed E-state index contributed by atoms with van der Waals surface area (Å²) in [7, 11) is 0. The molecule has 0 amide bonds. The Labute approximate surface area is 125 Å². The van der Waals surface area contributed by atoms with Gasteiger partial charge in [-0.25, -0.2) is 4.85 Å². The van der Waals surface area contributed by atoms with Crippen LogP contribution in [0.4, 0.5) is 5.69 Å². The van der Waals surface area contributed by atoms with Crippen molar-refractivity contribution in [1.29, 1.82) is 0 Å². The summed E-state index contributed by atoms with van der Waals surface area (Å²) in [5, 5.41) is 20.3. The number of benzene rings is 1. The summed E-state index contributed by atoms with van der Waals surface area (Å²) in [5.41, 5.74) is -0.586. The van der Waals surface area contributed by atoms with Crippen LogP contribution in [0.15, 0.2) is 30.0 Å². The second-order valence-corrected chi connectivity index (χ2v) is 3.33. The first-order chi connectivity index (χ1) is 9.01. The van der Waals surface area contributed by atoms with Gasteiger partial charge in [0.25, 0.3) is 5.69 Å². The molecule has 0 unspecified atom stereocenters. The number of rotatable bonds is 4. The van der Waals surface area contributed by atoms with E-state index >= 15 is 0 Å². The summed E-state index contributed by atoms with van der Waals surface area (Å²) >= 11 is 0. The van der Waals surface area contributed by atoms with Crippen molar-refractivity contribution in [1.82, 2.24) is 0 Å². The second kappa shape index (κ2) is 7.94. The van der Waals surface area contributed by atoms with E-state index in [-0.39, 0.29) is 34.9 Å². The van der Waals surface area contributed by atoms with Gasteiger partial charge >= 0.3 is 11.7 Å². The van der Waals surface area contributed by atoms with Gasteiger partial charge in [0, 0.05) is 34.8 Å². The van der Waals surface area contributed by atoms with Crippen LogP contribution in [-0.2, 0) is 26.6 Å². The number of hydrogen-bond acceptors (Lipinski definition) is 5. The molecule has 1 aromatic rings. The van der Waals surface area contributed by atoms with Crippen LogP contribution in [0.2, 0.25) is 0 Å². The molecule has 0 saturated carbocycles. The minimum Gasteiger partial charge on any atom is -0.518 e. The largest absolute Gasteiger partial charge is 0.518 e. The van der Waals surface area contributed by atoms with Crippen molar-refractivity contribution in [2.24, 2.45) is 0 Å². The third kappa shape index (κ3) is 4.09. The maximum Gasteiger partial charge on any atom is 0.340 e. The average Bonchev–Trinajstić information content (AvgIpc) is 2.39. The van der Waals surface area contributed by atoms with E-state index in [9.17, 15) is 20.0 Å². The van der Waals surface area contributed by atoms with E-state index in [1.165, 1.54) is 12.1 Å². The van der Waals surface area contributed by atoms with E-state index in [0.29, 0.717) is 0 Å². The summed E-state index contributed by atoms with van der Waals surface area (Å²) in [5.74, 6) is -1.50. The number of aliphatic hydroxyl groups excluding tert-OH is 1. The third-order valence-electron chi connectivity index (χ3n) is 2.16. The number of nitro groups is 1. The third-order valence-corrected chi connectivity index (χ3v) is 2.16. The molecule has 1 aromatic carbocycles. The van der Waals surface area contributed by atoms with Crippen molar-refractivity contribution in [3.8, 4) is 0 Å². The molecule has 0 heterocycles. The Morgan fingerprint density at radius 2 is 2.00 bits per heavy atom. The SMILES string of the molecule is [C-]#[N+]/C(C(=O)OCC)=C(/O)c1ccc([N+](=O)[O-])cc1.[Cu]. The van der Waals surface area contributed by atoms with E-state index in [2.05, 4.69) is 9.58 Å². The fraction of sp³-hybridized carbons (Fsp3) is 0.167. The first-order valence-corrected chi connectivity index (χ1v) is 5.23. The first kappa shape index (κ1) is 17.6. The van der Waals surface area contributed by atoms with Gasteiger partial charge in [0.15, 0.2) is 0 Å². The number of esters is 1. The number of non-ortho nitro benzene ring substituents is 1. The van der Waals surface area contributed by atoms with Crippen LogP contribution in [0, 0.1) is 16.7 Å². The Bertz CT molecular complexity index is 575. The van der Waals surface area contributed by atoms with Gasteiger partial charge in [-0.15, -0.1) is 0 Å². The van der Waals surface area contributed by atoms with Crippen LogP contribution < -0.4 is 0 Å². The van der Waals surface area contributed by atoms with Crippen molar-refractivity contribution in [3.05, 3.63) is 57.1 Å². The van der Waals surface area contributed by atoms with Crippen LogP contribution in [0.5, 0.6) is 0 Å². The summed E-state index contributed by atoms with van der Waals surface area (Å²) in [6.45, 7) is 8.50. The molecule has 0 fully saturated rings. The molecule has 0 atom stereocenters. The van der Waals surface area contributed by atoms with Crippen molar-refractivity contribution in [2.45, 2.75) is 6.92 Å². The van der Waals surface area contributed by atoms with E-state index in [1.807, 2.05) is 0 Å². The normalized spacial score (nSPS) is 10.6. The molecule has 0 bridgehead atoms. The molecule has 20 heavy (non-hydrogen) atoms. The zero-order valence-corrected chi connectivity index (χ0v) is 11.2. The molecule has 109 valence electrons. The van der Waals surface area contributed by atoms with E-state index in [4.69, 9.17) is 6.57 Å². The van der Waals surface area contributed by atoms with Crippen LogP contribution in [0.3, 0.4) is 0 Å². The quantitative estimate of drug-likeness (QED) is 0.174. The van der Waals surface area contributed by atoms with Gasteiger partial charge in [-0.3, -0.25) is 14.9 Å². The molecule has 8 heteroatoms. The van der Waals surface area contributed by atoms with Gasteiger partial charge < -0.3 is 9.84 Å². The maximum atomic E-state index is 11.4. The maximum absolute atomic E-state index is 11.4. The summed E-state index contributed by atoms with van der Waals surface area (Å²) < 4.78 is 4.62. The van der Waals surface area contributed by atoms with E-state index in [0.717, 1.165) is 12.1 Å². The molecule has 1 radical (unpaired) electrons. The molecular formula is C12H10CuN2O5. The molecule has 7 nitrogen and oxygen atoms in total. The van der Waals surface area contributed by atoms with Crippen molar-refractivity contribution >= 4 is 17.4 Å². The number of carbonyl (C=O) groups excluding carboxylic acids is 1. The van der Waals surface area contributed by atoms with Crippen LogP contribution in [0.1, 0.15) is 12.5 Å². The van der Waals surface area contributed by atoms with Gasteiger partial charge in [-0.2, -0.15) is 0 Å². The van der Waals surface area contributed by atoms with Gasteiger partial charge in [0.1, 0.15) is 5.76 Å². The fourth-order valence-electron chi connectivity index (χ4n) is 1.27. The molecular weight excluding hydrogens is 316 g/mol. The predicted octanol–water partition coefficient (Wildman–Crippen LogP) is 2.30. The molecule has 0 aliphatic heterocycles. The van der Waals surface area contributed by atoms with Crippen molar-refractivity contribution in [2.75, 3.05) is 6.61 Å². The van der Waals surface area contributed by atoms with Gasteiger partial charge in [0.2, 0.25) is 0 Å². The second-order valence-electron chi connectivity index (χ2n) is 3.33. The Morgan fingerprint density at radius 3 is 2.40 bits per heavy atom. The minimum atomic E-state index is -0.937. The number of carbonyl (C=O) groups is 1. The molecule has 0 aliphatic carbocycles. The molecule has 0 aromatic heterocycles. The molecule has 0 aliphatic rings. The van der Waals surface area contributed by atoms with Gasteiger partial charge in [0.05, 0.1) is 18.1 Å². The standard InChI is InChI=1S/C12H10N2O5.Cu/c1-3-19-12(16)10(13-2)11(15)8-4-6-9(7-5-8)14(17)18;/h4-7,15H,3H2,1H3;/b11-10+;. The van der Waals surface area contributed by atoms with Crippen LogP contribution in [0.25, 0.3) is 10.6 Å². The monoisotopic (exact) mass is 325 g/mol. The summed E-state index contributed by atoms with van der Waals surface area (Å²) in [6.07, 6.45) is 0. The average molecular weight is 326 g/mol. The number of nitro benzene ring substituents is 1. The molecule has 1 rings (SSSR count). The predicted molar refractivity (Wildman–Crippen MR) is 65.9 cm³/mol. The molecule has 1 N–H and O–H groups in total. The molecule has 0 spiro atoms. The van der Waals surface area contributed by atoms with E-state index in [1.54, 1.807) is 6.92 Å². The smallest absolute Gasteiger partial charge is 0.340 e. The summed E-state index contributed by atoms with van der Waals surface area (Å²) in [4.78, 5) is 24.2. The number of ether oxygens (including phenoxy) is 1. The van der Waals surface area contributed by atoms with Crippen LogP contribution in [-0.4, -0.2) is 22.6 Å². The number of hydrogen-bond donors (Lipinski definition) is 1. The zero-order valence-electron chi connectivity index (χ0n) is 10.3. The number of nitrogens with zero attached hydrogens (tertiary/aromatic N) is 2. The Hall–Kier alpha value is -2.36. The van der Waals surface area contributed by atoms with Gasteiger partial charge in [-0.1, -0.05) is 0 Å². The van der Waals surface area contributed by atoms with Crippen molar-refractivity contribution < 1.29 is 36.6 Å². The topological polar surface area (TPSA) is 94.0 Å². The Balaban J connectivity index is 0.00000361.